The third kappa shape index (κ3) is 4.03. The minimum atomic E-state index is -0.176. The predicted molar refractivity (Wildman–Crippen MR) is 81.2 cm³/mol. The standard InChI is InChI=1S/C16H23N3O2/c1-3-12(2)18-15(20)13-9-14(11-17-10-13)16(21)19-7-5-4-6-8-19/h9-12H,3-8H2,1-2H3,(H,18,20). The van der Waals surface area contributed by atoms with E-state index in [0.29, 0.717) is 11.1 Å². The number of likely N-dealkylation sites (tertiary alicyclic amines) is 1. The van der Waals surface area contributed by atoms with Gasteiger partial charge in [-0.15, -0.1) is 0 Å². The summed E-state index contributed by atoms with van der Waals surface area (Å²) in [5.41, 5.74) is 0.937. The Morgan fingerprint density at radius 3 is 2.57 bits per heavy atom. The van der Waals surface area contributed by atoms with E-state index >= 15 is 0 Å². The van der Waals surface area contributed by atoms with Gasteiger partial charge < -0.3 is 10.2 Å². The maximum Gasteiger partial charge on any atom is 0.255 e. The van der Waals surface area contributed by atoms with Crippen molar-refractivity contribution in [1.82, 2.24) is 15.2 Å². The van der Waals surface area contributed by atoms with E-state index in [0.717, 1.165) is 32.4 Å². The molecule has 1 N–H and O–H groups in total. The van der Waals surface area contributed by atoms with Crippen molar-refractivity contribution in [1.29, 1.82) is 0 Å². The Kier molecular flexibility index (Phi) is 5.31. The molecule has 2 rings (SSSR count). The van der Waals surface area contributed by atoms with Crippen molar-refractivity contribution in [2.75, 3.05) is 13.1 Å². The monoisotopic (exact) mass is 289 g/mol. The molecular formula is C16H23N3O2. The number of piperidine rings is 1. The maximum absolute atomic E-state index is 12.4. The van der Waals surface area contributed by atoms with Gasteiger partial charge in [-0.05, 0) is 38.7 Å². The van der Waals surface area contributed by atoms with E-state index in [9.17, 15) is 9.59 Å². The Bertz CT molecular complexity index is 510. The lowest BCUT2D eigenvalue weighted by Crippen LogP contribution is -2.36. The summed E-state index contributed by atoms with van der Waals surface area (Å²) in [6, 6.07) is 1.75. The first-order valence-corrected chi connectivity index (χ1v) is 7.67. The molecule has 5 nitrogen and oxygen atoms in total. The molecule has 1 aromatic heterocycles. The van der Waals surface area contributed by atoms with Crippen LogP contribution in [0.15, 0.2) is 18.5 Å². The van der Waals surface area contributed by atoms with Crippen molar-refractivity contribution in [3.05, 3.63) is 29.6 Å². The number of amides is 2. The van der Waals surface area contributed by atoms with Crippen molar-refractivity contribution >= 4 is 11.8 Å². The molecular weight excluding hydrogens is 266 g/mol. The number of carbonyl (C=O) groups excluding carboxylic acids is 2. The van der Waals surface area contributed by atoms with Gasteiger partial charge in [0.15, 0.2) is 0 Å². The number of rotatable bonds is 4. The van der Waals surface area contributed by atoms with Gasteiger partial charge in [-0.2, -0.15) is 0 Å². The minimum absolute atomic E-state index is 0.0274. The molecule has 0 saturated carbocycles. The van der Waals surface area contributed by atoms with E-state index in [1.54, 1.807) is 6.07 Å². The van der Waals surface area contributed by atoms with Crippen LogP contribution < -0.4 is 5.32 Å². The van der Waals surface area contributed by atoms with Crippen LogP contribution in [0.5, 0.6) is 0 Å². The number of hydrogen-bond donors (Lipinski definition) is 1. The van der Waals surface area contributed by atoms with E-state index in [1.165, 1.54) is 18.8 Å². The van der Waals surface area contributed by atoms with Crippen LogP contribution in [0.25, 0.3) is 0 Å². The van der Waals surface area contributed by atoms with Gasteiger partial charge in [0.25, 0.3) is 11.8 Å². The second-order valence-electron chi connectivity index (χ2n) is 5.60. The molecule has 1 atom stereocenters. The molecule has 0 spiro atoms. The van der Waals surface area contributed by atoms with Gasteiger partial charge in [0, 0.05) is 31.5 Å². The molecule has 0 aliphatic carbocycles. The summed E-state index contributed by atoms with van der Waals surface area (Å²) in [4.78, 5) is 30.4. The van der Waals surface area contributed by atoms with E-state index in [2.05, 4.69) is 10.3 Å². The molecule has 2 heterocycles. The zero-order valence-electron chi connectivity index (χ0n) is 12.8. The number of carbonyl (C=O) groups is 2. The summed E-state index contributed by atoms with van der Waals surface area (Å²) >= 11 is 0. The third-order valence-electron chi connectivity index (χ3n) is 3.88. The molecule has 2 amide bonds. The molecule has 5 heteroatoms. The SMILES string of the molecule is CCC(C)NC(=O)c1cncc(C(=O)N2CCCCC2)c1. The lowest BCUT2D eigenvalue weighted by Gasteiger charge is -2.26. The largest absolute Gasteiger partial charge is 0.350 e. The normalized spacial score (nSPS) is 16.4. The summed E-state index contributed by atoms with van der Waals surface area (Å²) in [6.07, 6.45) is 7.19. The Labute approximate surface area is 125 Å². The topological polar surface area (TPSA) is 62.3 Å². The molecule has 1 aliphatic heterocycles. The maximum atomic E-state index is 12.4. The molecule has 21 heavy (non-hydrogen) atoms. The molecule has 1 aliphatic rings. The van der Waals surface area contributed by atoms with Gasteiger partial charge in [-0.25, -0.2) is 0 Å². The van der Waals surface area contributed by atoms with Crippen molar-refractivity contribution in [3.63, 3.8) is 0 Å². The summed E-state index contributed by atoms with van der Waals surface area (Å²) in [5, 5.41) is 2.89. The van der Waals surface area contributed by atoms with Crippen LogP contribution in [-0.4, -0.2) is 40.8 Å². The van der Waals surface area contributed by atoms with Crippen molar-refractivity contribution < 1.29 is 9.59 Å². The van der Waals surface area contributed by atoms with E-state index in [4.69, 9.17) is 0 Å². The molecule has 1 unspecified atom stereocenters. The third-order valence-corrected chi connectivity index (χ3v) is 3.88. The summed E-state index contributed by atoms with van der Waals surface area (Å²) in [7, 11) is 0. The summed E-state index contributed by atoms with van der Waals surface area (Å²) < 4.78 is 0. The van der Waals surface area contributed by atoms with Gasteiger partial charge in [0.1, 0.15) is 0 Å². The van der Waals surface area contributed by atoms with Gasteiger partial charge in [-0.3, -0.25) is 14.6 Å². The second-order valence-corrected chi connectivity index (χ2v) is 5.60. The summed E-state index contributed by atoms with van der Waals surface area (Å²) in [5.74, 6) is -0.203. The van der Waals surface area contributed by atoms with Crippen molar-refractivity contribution in [2.45, 2.75) is 45.6 Å². The Morgan fingerprint density at radius 2 is 1.90 bits per heavy atom. The van der Waals surface area contributed by atoms with Crippen LogP contribution in [0.3, 0.4) is 0 Å². The lowest BCUT2D eigenvalue weighted by atomic mass is 10.1. The van der Waals surface area contributed by atoms with Gasteiger partial charge in [0.2, 0.25) is 0 Å². The smallest absolute Gasteiger partial charge is 0.255 e. The average molecular weight is 289 g/mol. The first-order chi connectivity index (χ1) is 10.1. The second kappa shape index (κ2) is 7.20. The van der Waals surface area contributed by atoms with Crippen LogP contribution in [-0.2, 0) is 0 Å². The van der Waals surface area contributed by atoms with Gasteiger partial charge in [-0.1, -0.05) is 6.92 Å². The van der Waals surface area contributed by atoms with E-state index in [-0.39, 0.29) is 17.9 Å². The molecule has 0 bridgehead atoms. The molecule has 0 radical (unpaired) electrons. The molecule has 114 valence electrons. The fraction of sp³-hybridized carbons (Fsp3) is 0.562. The molecule has 0 aromatic carbocycles. The zero-order valence-corrected chi connectivity index (χ0v) is 12.8. The Hall–Kier alpha value is -1.91. The number of aromatic nitrogens is 1. The highest BCUT2D eigenvalue weighted by atomic mass is 16.2. The molecule has 1 saturated heterocycles. The first-order valence-electron chi connectivity index (χ1n) is 7.67. The predicted octanol–water partition coefficient (Wildman–Crippen LogP) is 2.24. The number of pyridine rings is 1. The Balaban J connectivity index is 2.09. The molecule has 1 fully saturated rings. The Morgan fingerprint density at radius 1 is 1.24 bits per heavy atom. The van der Waals surface area contributed by atoms with Crippen molar-refractivity contribution in [3.8, 4) is 0 Å². The van der Waals surface area contributed by atoms with Crippen molar-refractivity contribution in [2.24, 2.45) is 0 Å². The number of nitrogens with zero attached hydrogens (tertiary/aromatic N) is 2. The quantitative estimate of drug-likeness (QED) is 0.924. The minimum Gasteiger partial charge on any atom is -0.350 e. The van der Waals surface area contributed by atoms with Crippen LogP contribution in [0.1, 0.15) is 60.2 Å². The lowest BCUT2D eigenvalue weighted by molar-refractivity contribution is 0.0724. The van der Waals surface area contributed by atoms with Crippen LogP contribution in [0.4, 0.5) is 0 Å². The molecule has 1 aromatic rings. The fourth-order valence-corrected chi connectivity index (χ4v) is 2.37. The van der Waals surface area contributed by atoms with Crippen LogP contribution in [0, 0.1) is 0 Å². The van der Waals surface area contributed by atoms with Crippen LogP contribution in [0.2, 0.25) is 0 Å². The highest BCUT2D eigenvalue weighted by Crippen LogP contribution is 2.13. The van der Waals surface area contributed by atoms with Gasteiger partial charge >= 0.3 is 0 Å². The summed E-state index contributed by atoms with van der Waals surface area (Å²) in [6.45, 7) is 5.55. The van der Waals surface area contributed by atoms with E-state index < -0.39 is 0 Å². The number of nitrogens with one attached hydrogen (secondary N) is 1. The van der Waals surface area contributed by atoms with E-state index in [1.807, 2.05) is 18.7 Å². The highest BCUT2D eigenvalue weighted by Gasteiger charge is 2.19. The van der Waals surface area contributed by atoms with Crippen LogP contribution >= 0.6 is 0 Å². The zero-order chi connectivity index (χ0) is 15.2. The average Bonchev–Trinajstić information content (AvgIpc) is 2.55. The first kappa shape index (κ1) is 15.5. The highest BCUT2D eigenvalue weighted by molar-refractivity contribution is 5.99. The fourth-order valence-electron chi connectivity index (χ4n) is 2.37. The van der Waals surface area contributed by atoms with Gasteiger partial charge in [0.05, 0.1) is 11.1 Å². The number of hydrogen-bond acceptors (Lipinski definition) is 3.